The number of fused-ring (bicyclic) bond motifs is 1. The molecule has 0 N–H and O–H groups in total. The fourth-order valence-electron chi connectivity index (χ4n) is 2.82. The van der Waals surface area contributed by atoms with Gasteiger partial charge in [0.25, 0.3) is 0 Å². The first kappa shape index (κ1) is 13.6. The Morgan fingerprint density at radius 3 is 3.00 bits per heavy atom. The van der Waals surface area contributed by atoms with Gasteiger partial charge >= 0.3 is 0 Å². The molecule has 0 atom stereocenters. The van der Waals surface area contributed by atoms with Gasteiger partial charge in [-0.1, -0.05) is 0 Å². The molecule has 0 aromatic carbocycles. The molecule has 6 heteroatoms. The Bertz CT molecular complexity index is 493. The van der Waals surface area contributed by atoms with Crippen molar-refractivity contribution in [2.75, 3.05) is 38.7 Å². The van der Waals surface area contributed by atoms with E-state index >= 15 is 0 Å². The van der Waals surface area contributed by atoms with Gasteiger partial charge in [0.15, 0.2) is 0 Å². The fraction of sp³-hybridized carbons (Fsp3) is 0.714. The second-order valence-electron chi connectivity index (χ2n) is 5.64. The van der Waals surface area contributed by atoms with Crippen LogP contribution in [0.4, 0.5) is 5.82 Å². The highest BCUT2D eigenvalue weighted by Crippen LogP contribution is 2.21. The molecule has 1 aromatic heterocycles. The largest absolute Gasteiger partial charge is 0.379 e. The lowest BCUT2D eigenvalue weighted by Gasteiger charge is -2.37. The molecule has 3 rings (SSSR count). The number of hydrogen-bond acceptors (Lipinski definition) is 4. The molecule has 2 aliphatic rings. The first-order valence-electron chi connectivity index (χ1n) is 7.26. The number of carbonyl (C=O) groups is 1. The van der Waals surface area contributed by atoms with Crippen LogP contribution in [0.25, 0.3) is 0 Å². The maximum Gasteiger partial charge on any atom is 0.227 e. The van der Waals surface area contributed by atoms with Crippen molar-refractivity contribution >= 4 is 11.7 Å². The topological polar surface area (TPSA) is 50.6 Å². The van der Waals surface area contributed by atoms with Gasteiger partial charge in [-0.05, 0) is 6.42 Å². The van der Waals surface area contributed by atoms with Gasteiger partial charge in [-0.25, -0.2) is 4.68 Å². The van der Waals surface area contributed by atoms with Crippen LogP contribution in [-0.2, 0) is 22.5 Å². The zero-order valence-corrected chi connectivity index (χ0v) is 12.2. The van der Waals surface area contributed by atoms with E-state index in [2.05, 4.69) is 16.1 Å². The molecule has 1 amide bonds. The highest BCUT2D eigenvalue weighted by atomic mass is 16.5. The normalized spacial score (nSPS) is 20.7. The summed E-state index contributed by atoms with van der Waals surface area (Å²) in [4.78, 5) is 15.9. The average molecular weight is 278 g/mol. The van der Waals surface area contributed by atoms with E-state index in [0.29, 0.717) is 12.5 Å². The Balaban J connectivity index is 1.60. The van der Waals surface area contributed by atoms with E-state index in [9.17, 15) is 4.79 Å². The number of amides is 1. The average Bonchev–Trinajstić information content (AvgIpc) is 2.74. The molecule has 0 saturated carbocycles. The molecule has 20 heavy (non-hydrogen) atoms. The van der Waals surface area contributed by atoms with Crippen LogP contribution in [0.3, 0.4) is 0 Å². The van der Waals surface area contributed by atoms with Gasteiger partial charge in [-0.3, -0.25) is 9.69 Å². The minimum absolute atomic E-state index is 0.181. The Kier molecular flexibility index (Phi) is 3.76. The van der Waals surface area contributed by atoms with Crippen molar-refractivity contribution in [3.05, 3.63) is 11.8 Å². The third kappa shape index (κ3) is 2.58. The fourth-order valence-corrected chi connectivity index (χ4v) is 2.82. The maximum absolute atomic E-state index is 11.8. The highest BCUT2D eigenvalue weighted by Gasteiger charge is 2.26. The van der Waals surface area contributed by atoms with Crippen LogP contribution >= 0.6 is 0 Å². The van der Waals surface area contributed by atoms with Crippen molar-refractivity contribution in [1.29, 1.82) is 0 Å². The van der Waals surface area contributed by atoms with Gasteiger partial charge in [-0.2, -0.15) is 5.10 Å². The lowest BCUT2D eigenvalue weighted by Crippen LogP contribution is -2.52. The van der Waals surface area contributed by atoms with Crippen LogP contribution in [0.2, 0.25) is 0 Å². The first-order chi connectivity index (χ1) is 9.67. The van der Waals surface area contributed by atoms with Crippen molar-refractivity contribution in [1.82, 2.24) is 14.7 Å². The van der Waals surface area contributed by atoms with E-state index in [1.807, 2.05) is 11.7 Å². The van der Waals surface area contributed by atoms with Gasteiger partial charge in [0.1, 0.15) is 5.82 Å². The number of rotatable bonds is 4. The summed E-state index contributed by atoms with van der Waals surface area (Å²) < 4.78 is 7.24. The molecular formula is C14H22N4O2. The number of anilines is 1. The molecule has 0 unspecified atom stereocenters. The molecule has 0 bridgehead atoms. The molecule has 3 heterocycles. The standard InChI is InChI=1S/C14H22N4O2/c1-16-13-8-11(5-7-17-9-12(10-17)20-2)15-18(13)6-3-4-14(16)19/h8,12H,3-7,9-10H2,1-2H3. The molecular weight excluding hydrogens is 256 g/mol. The van der Waals surface area contributed by atoms with Gasteiger partial charge in [0.05, 0.1) is 11.8 Å². The molecule has 0 spiro atoms. The lowest BCUT2D eigenvalue weighted by molar-refractivity contribution is -0.118. The molecule has 6 nitrogen and oxygen atoms in total. The van der Waals surface area contributed by atoms with E-state index in [1.165, 1.54) is 0 Å². The summed E-state index contributed by atoms with van der Waals surface area (Å²) in [6, 6.07) is 2.05. The Morgan fingerprint density at radius 2 is 2.25 bits per heavy atom. The summed E-state index contributed by atoms with van der Waals surface area (Å²) in [6.07, 6.45) is 2.82. The Labute approximate surface area is 119 Å². The van der Waals surface area contributed by atoms with Crippen molar-refractivity contribution in [2.45, 2.75) is 31.9 Å². The SMILES string of the molecule is COC1CN(CCc2cc3n(n2)CCCC(=O)N3C)C1. The number of likely N-dealkylation sites (tertiary alicyclic amines) is 1. The first-order valence-corrected chi connectivity index (χ1v) is 7.26. The number of methoxy groups -OCH3 is 1. The number of ether oxygens (including phenoxy) is 1. The lowest BCUT2D eigenvalue weighted by atomic mass is 10.1. The zero-order valence-electron chi connectivity index (χ0n) is 12.2. The minimum Gasteiger partial charge on any atom is -0.379 e. The maximum atomic E-state index is 11.8. The van der Waals surface area contributed by atoms with Crippen molar-refractivity contribution in [2.24, 2.45) is 0 Å². The van der Waals surface area contributed by atoms with Crippen LogP contribution in [-0.4, -0.2) is 60.5 Å². The molecule has 1 saturated heterocycles. The minimum atomic E-state index is 0.181. The van der Waals surface area contributed by atoms with Crippen LogP contribution in [0.5, 0.6) is 0 Å². The number of aromatic nitrogens is 2. The van der Waals surface area contributed by atoms with Crippen molar-refractivity contribution < 1.29 is 9.53 Å². The van der Waals surface area contributed by atoms with Crippen LogP contribution in [0, 0.1) is 0 Å². The van der Waals surface area contributed by atoms with Gasteiger partial charge in [-0.15, -0.1) is 0 Å². The van der Waals surface area contributed by atoms with Crippen LogP contribution in [0.15, 0.2) is 6.07 Å². The van der Waals surface area contributed by atoms with Gasteiger partial charge in [0.2, 0.25) is 5.91 Å². The number of aryl methyl sites for hydroxylation is 1. The quantitative estimate of drug-likeness (QED) is 0.805. The van der Waals surface area contributed by atoms with Crippen LogP contribution < -0.4 is 4.90 Å². The number of nitrogens with zero attached hydrogens (tertiary/aromatic N) is 4. The monoisotopic (exact) mass is 278 g/mol. The second-order valence-corrected chi connectivity index (χ2v) is 5.64. The van der Waals surface area contributed by atoms with Crippen LogP contribution in [0.1, 0.15) is 18.5 Å². The predicted octanol–water partition coefficient (Wildman–Crippen LogP) is 0.513. The van der Waals surface area contributed by atoms with Crippen molar-refractivity contribution in [3.8, 4) is 0 Å². The third-order valence-corrected chi connectivity index (χ3v) is 4.23. The number of hydrogen-bond donors (Lipinski definition) is 0. The smallest absolute Gasteiger partial charge is 0.227 e. The highest BCUT2D eigenvalue weighted by molar-refractivity contribution is 5.92. The Hall–Kier alpha value is -1.40. The molecule has 1 aromatic rings. The van der Waals surface area contributed by atoms with E-state index in [1.54, 1.807) is 12.0 Å². The summed E-state index contributed by atoms with van der Waals surface area (Å²) in [5, 5.41) is 4.63. The van der Waals surface area contributed by atoms with E-state index in [4.69, 9.17) is 4.74 Å². The summed E-state index contributed by atoms with van der Waals surface area (Å²) in [5.74, 6) is 1.11. The van der Waals surface area contributed by atoms with E-state index in [0.717, 1.165) is 50.5 Å². The van der Waals surface area contributed by atoms with E-state index < -0.39 is 0 Å². The van der Waals surface area contributed by atoms with Gasteiger partial charge in [0, 0.05) is 59.2 Å². The molecule has 0 radical (unpaired) electrons. The zero-order chi connectivity index (χ0) is 14.1. The molecule has 1 fully saturated rings. The van der Waals surface area contributed by atoms with E-state index in [-0.39, 0.29) is 5.91 Å². The summed E-state index contributed by atoms with van der Waals surface area (Å²) >= 11 is 0. The summed E-state index contributed by atoms with van der Waals surface area (Å²) in [5.41, 5.74) is 1.07. The molecule has 0 aliphatic carbocycles. The summed E-state index contributed by atoms with van der Waals surface area (Å²) in [7, 11) is 3.60. The second kappa shape index (κ2) is 5.54. The summed E-state index contributed by atoms with van der Waals surface area (Å²) in [6.45, 7) is 3.87. The Morgan fingerprint density at radius 1 is 1.45 bits per heavy atom. The third-order valence-electron chi connectivity index (χ3n) is 4.23. The van der Waals surface area contributed by atoms with Gasteiger partial charge < -0.3 is 9.64 Å². The number of carbonyl (C=O) groups excluding carboxylic acids is 1. The van der Waals surface area contributed by atoms with Crippen molar-refractivity contribution in [3.63, 3.8) is 0 Å². The molecule has 110 valence electrons. The predicted molar refractivity (Wildman–Crippen MR) is 75.8 cm³/mol. The molecule has 2 aliphatic heterocycles.